The van der Waals surface area contributed by atoms with Gasteiger partial charge in [0.1, 0.15) is 0 Å². The standard InChI is InChI=1S/C13H24N2O2/c1-12(2)10-14-11-13-4-3-5-15(13)6-8-17-9-7-16/h3-5,12,14,16H,6-11H2,1-2H3. The van der Waals surface area contributed by atoms with E-state index in [1.54, 1.807) is 0 Å². The maximum atomic E-state index is 8.60. The molecule has 0 aliphatic carbocycles. The number of hydrogen-bond donors (Lipinski definition) is 2. The van der Waals surface area contributed by atoms with E-state index in [0.717, 1.165) is 19.6 Å². The van der Waals surface area contributed by atoms with E-state index in [-0.39, 0.29) is 6.61 Å². The molecule has 0 spiro atoms. The lowest BCUT2D eigenvalue weighted by atomic mass is 10.2. The van der Waals surface area contributed by atoms with Gasteiger partial charge in [0.05, 0.1) is 19.8 Å². The van der Waals surface area contributed by atoms with Gasteiger partial charge in [0.25, 0.3) is 0 Å². The highest BCUT2D eigenvalue weighted by Crippen LogP contribution is 2.02. The van der Waals surface area contributed by atoms with Crippen LogP contribution in [0.5, 0.6) is 0 Å². The fourth-order valence-corrected chi connectivity index (χ4v) is 1.65. The van der Waals surface area contributed by atoms with E-state index in [1.165, 1.54) is 5.69 Å². The number of ether oxygens (including phenoxy) is 1. The summed E-state index contributed by atoms with van der Waals surface area (Å²) in [6.07, 6.45) is 2.06. The van der Waals surface area contributed by atoms with Crippen LogP contribution < -0.4 is 5.32 Å². The zero-order chi connectivity index (χ0) is 12.5. The Balaban J connectivity index is 2.27. The molecule has 17 heavy (non-hydrogen) atoms. The molecule has 0 aliphatic rings. The fraction of sp³-hybridized carbons (Fsp3) is 0.692. The van der Waals surface area contributed by atoms with E-state index >= 15 is 0 Å². The molecule has 0 bridgehead atoms. The van der Waals surface area contributed by atoms with Crippen molar-refractivity contribution in [1.29, 1.82) is 0 Å². The second-order valence-corrected chi connectivity index (χ2v) is 4.55. The average Bonchev–Trinajstić information content (AvgIpc) is 2.72. The molecule has 0 aromatic carbocycles. The first-order valence-electron chi connectivity index (χ1n) is 6.27. The van der Waals surface area contributed by atoms with Crippen molar-refractivity contribution >= 4 is 0 Å². The molecule has 0 saturated carbocycles. The Bertz CT molecular complexity index is 297. The van der Waals surface area contributed by atoms with E-state index in [4.69, 9.17) is 9.84 Å². The van der Waals surface area contributed by atoms with Crippen LogP contribution in [0.2, 0.25) is 0 Å². The Morgan fingerprint density at radius 2 is 2.24 bits per heavy atom. The molecule has 0 radical (unpaired) electrons. The second kappa shape index (κ2) is 8.28. The van der Waals surface area contributed by atoms with Crippen molar-refractivity contribution < 1.29 is 9.84 Å². The van der Waals surface area contributed by atoms with Gasteiger partial charge in [-0.1, -0.05) is 13.8 Å². The molecule has 2 N–H and O–H groups in total. The van der Waals surface area contributed by atoms with Crippen molar-refractivity contribution in [2.24, 2.45) is 5.92 Å². The Labute approximate surface area is 104 Å². The average molecular weight is 240 g/mol. The van der Waals surface area contributed by atoms with Crippen molar-refractivity contribution in [2.75, 3.05) is 26.4 Å². The molecule has 1 aromatic heterocycles. The van der Waals surface area contributed by atoms with Crippen LogP contribution in [-0.4, -0.2) is 36.0 Å². The first-order chi connectivity index (χ1) is 8.24. The summed E-state index contributed by atoms with van der Waals surface area (Å²) in [4.78, 5) is 0. The smallest absolute Gasteiger partial charge is 0.0698 e. The Morgan fingerprint density at radius 3 is 2.94 bits per heavy atom. The van der Waals surface area contributed by atoms with Gasteiger partial charge in [-0.25, -0.2) is 0 Å². The molecule has 1 aromatic rings. The van der Waals surface area contributed by atoms with Gasteiger partial charge in [0, 0.05) is 25.0 Å². The quantitative estimate of drug-likeness (QED) is 0.638. The minimum absolute atomic E-state index is 0.0917. The first kappa shape index (κ1) is 14.2. The minimum atomic E-state index is 0.0917. The number of nitrogens with one attached hydrogen (secondary N) is 1. The molecule has 4 heteroatoms. The highest BCUT2D eigenvalue weighted by molar-refractivity contribution is 5.06. The molecule has 98 valence electrons. The molecule has 1 rings (SSSR count). The molecular formula is C13H24N2O2. The van der Waals surface area contributed by atoms with Gasteiger partial charge in [-0.2, -0.15) is 0 Å². The maximum absolute atomic E-state index is 8.60. The summed E-state index contributed by atoms with van der Waals surface area (Å²) in [7, 11) is 0. The number of rotatable bonds is 9. The van der Waals surface area contributed by atoms with Crippen molar-refractivity contribution in [1.82, 2.24) is 9.88 Å². The summed E-state index contributed by atoms with van der Waals surface area (Å²) >= 11 is 0. The fourth-order valence-electron chi connectivity index (χ4n) is 1.65. The number of nitrogens with zero attached hydrogens (tertiary/aromatic N) is 1. The van der Waals surface area contributed by atoms with Gasteiger partial charge >= 0.3 is 0 Å². The van der Waals surface area contributed by atoms with Crippen LogP contribution >= 0.6 is 0 Å². The third kappa shape index (κ3) is 5.86. The van der Waals surface area contributed by atoms with Gasteiger partial charge in [-0.15, -0.1) is 0 Å². The molecule has 4 nitrogen and oxygen atoms in total. The number of aromatic nitrogens is 1. The summed E-state index contributed by atoms with van der Waals surface area (Å²) in [5.41, 5.74) is 1.28. The number of aliphatic hydroxyl groups is 1. The highest BCUT2D eigenvalue weighted by Gasteiger charge is 2.01. The number of aliphatic hydroxyl groups excluding tert-OH is 1. The van der Waals surface area contributed by atoms with Crippen LogP contribution in [0.4, 0.5) is 0 Å². The summed E-state index contributed by atoms with van der Waals surface area (Å²) in [5.74, 6) is 0.672. The predicted molar refractivity (Wildman–Crippen MR) is 68.9 cm³/mol. The first-order valence-corrected chi connectivity index (χ1v) is 6.27. The molecule has 0 amide bonds. The van der Waals surface area contributed by atoms with Gasteiger partial charge in [-0.3, -0.25) is 0 Å². The lowest BCUT2D eigenvalue weighted by molar-refractivity contribution is 0.0866. The molecule has 0 fully saturated rings. The van der Waals surface area contributed by atoms with Crippen LogP contribution in [0, 0.1) is 5.92 Å². The van der Waals surface area contributed by atoms with Crippen LogP contribution in [0.1, 0.15) is 19.5 Å². The molecule has 0 unspecified atom stereocenters. The normalized spacial score (nSPS) is 11.3. The van der Waals surface area contributed by atoms with Gasteiger partial charge in [0.2, 0.25) is 0 Å². The SMILES string of the molecule is CC(C)CNCc1cccn1CCOCCO. The van der Waals surface area contributed by atoms with Crippen LogP contribution in [0.3, 0.4) is 0 Å². The van der Waals surface area contributed by atoms with Crippen LogP contribution in [0.15, 0.2) is 18.3 Å². The van der Waals surface area contributed by atoms with Crippen LogP contribution in [-0.2, 0) is 17.8 Å². The van der Waals surface area contributed by atoms with Gasteiger partial charge in [0.15, 0.2) is 0 Å². The van der Waals surface area contributed by atoms with E-state index in [2.05, 4.69) is 42.1 Å². The Hall–Kier alpha value is -0.840. The molecule has 1 heterocycles. The Morgan fingerprint density at radius 1 is 1.41 bits per heavy atom. The third-order valence-electron chi connectivity index (χ3n) is 2.49. The lowest BCUT2D eigenvalue weighted by Crippen LogP contribution is -2.21. The topological polar surface area (TPSA) is 46.4 Å². The second-order valence-electron chi connectivity index (χ2n) is 4.55. The van der Waals surface area contributed by atoms with Crippen molar-refractivity contribution in [2.45, 2.75) is 26.9 Å². The third-order valence-corrected chi connectivity index (χ3v) is 2.49. The Kier molecular flexibility index (Phi) is 6.93. The maximum Gasteiger partial charge on any atom is 0.0698 e. The van der Waals surface area contributed by atoms with E-state index in [9.17, 15) is 0 Å². The van der Waals surface area contributed by atoms with Gasteiger partial charge in [-0.05, 0) is 24.6 Å². The van der Waals surface area contributed by atoms with E-state index < -0.39 is 0 Å². The zero-order valence-corrected chi connectivity index (χ0v) is 10.9. The lowest BCUT2D eigenvalue weighted by Gasteiger charge is -2.11. The minimum Gasteiger partial charge on any atom is -0.394 e. The number of hydrogen-bond acceptors (Lipinski definition) is 3. The summed E-state index contributed by atoms with van der Waals surface area (Å²) in [6, 6.07) is 4.18. The molecule has 0 atom stereocenters. The summed E-state index contributed by atoms with van der Waals surface area (Å²) in [6.45, 7) is 8.33. The molecule has 0 aliphatic heterocycles. The van der Waals surface area contributed by atoms with Crippen molar-refractivity contribution in [3.63, 3.8) is 0 Å². The largest absolute Gasteiger partial charge is 0.394 e. The van der Waals surface area contributed by atoms with Crippen molar-refractivity contribution in [3.8, 4) is 0 Å². The summed E-state index contributed by atoms with van der Waals surface area (Å²) < 4.78 is 7.45. The monoisotopic (exact) mass is 240 g/mol. The molecule has 0 saturated heterocycles. The van der Waals surface area contributed by atoms with Crippen molar-refractivity contribution in [3.05, 3.63) is 24.0 Å². The predicted octanol–water partition coefficient (Wildman–Crippen LogP) is 1.24. The van der Waals surface area contributed by atoms with Gasteiger partial charge < -0.3 is 19.7 Å². The van der Waals surface area contributed by atoms with E-state index in [0.29, 0.717) is 19.1 Å². The summed E-state index contributed by atoms with van der Waals surface area (Å²) in [5, 5.41) is 12.0. The highest BCUT2D eigenvalue weighted by atomic mass is 16.5. The zero-order valence-electron chi connectivity index (χ0n) is 10.9. The molecular weight excluding hydrogens is 216 g/mol. The van der Waals surface area contributed by atoms with E-state index in [1.807, 2.05) is 0 Å². The van der Waals surface area contributed by atoms with Crippen LogP contribution in [0.25, 0.3) is 0 Å².